The van der Waals surface area contributed by atoms with Crippen LogP contribution < -0.4 is 5.56 Å². The highest BCUT2D eigenvalue weighted by atomic mass is 16.2. The van der Waals surface area contributed by atoms with Crippen molar-refractivity contribution in [2.24, 2.45) is 0 Å². The number of likely N-dealkylation sites (tertiary alicyclic amines) is 1. The number of amides is 1. The fourth-order valence-corrected chi connectivity index (χ4v) is 3.29. The van der Waals surface area contributed by atoms with E-state index in [0.717, 1.165) is 23.2 Å². The summed E-state index contributed by atoms with van der Waals surface area (Å²) in [5.74, 6) is -0.139. The summed E-state index contributed by atoms with van der Waals surface area (Å²) in [4.78, 5) is 31.4. The molecule has 0 bridgehead atoms. The summed E-state index contributed by atoms with van der Waals surface area (Å²) in [5.41, 5.74) is 1.11. The van der Waals surface area contributed by atoms with E-state index in [-0.39, 0.29) is 24.1 Å². The molecule has 7 heteroatoms. The first-order chi connectivity index (χ1) is 12.2. The van der Waals surface area contributed by atoms with Crippen molar-refractivity contribution >= 4 is 16.8 Å². The van der Waals surface area contributed by atoms with E-state index in [4.69, 9.17) is 0 Å². The van der Waals surface area contributed by atoms with Crippen LogP contribution in [0.5, 0.6) is 0 Å². The van der Waals surface area contributed by atoms with Crippen LogP contribution in [-0.4, -0.2) is 37.3 Å². The number of hydrogen-bond acceptors (Lipinski definition) is 5. The Labute approximate surface area is 143 Å². The lowest BCUT2D eigenvalue weighted by atomic mass is 10.1. The molecule has 0 N–H and O–H groups in total. The lowest BCUT2D eigenvalue weighted by Gasteiger charge is -2.24. The van der Waals surface area contributed by atoms with Gasteiger partial charge in [-0.25, -0.2) is 4.68 Å². The largest absolute Gasteiger partial charge is 0.332 e. The number of hydrogen-bond donors (Lipinski definition) is 0. The second kappa shape index (κ2) is 6.43. The average molecular weight is 335 g/mol. The zero-order valence-electron chi connectivity index (χ0n) is 13.6. The van der Waals surface area contributed by atoms with Crippen molar-refractivity contribution < 1.29 is 4.79 Å². The fourth-order valence-electron chi connectivity index (χ4n) is 3.29. The van der Waals surface area contributed by atoms with Gasteiger partial charge in [-0.15, -0.1) is 5.10 Å². The molecule has 0 saturated carbocycles. The van der Waals surface area contributed by atoms with E-state index < -0.39 is 0 Å². The van der Waals surface area contributed by atoms with Crippen molar-refractivity contribution in [1.29, 1.82) is 0 Å². The number of carbonyl (C=O) groups excluding carboxylic acids is 1. The SMILES string of the molecule is O=C(Cn1nnc2ccccc2c1=O)N1CCCC1c1ccccn1. The highest BCUT2D eigenvalue weighted by molar-refractivity contribution is 5.78. The third-order valence-electron chi connectivity index (χ3n) is 4.52. The Morgan fingerprint density at radius 2 is 2.00 bits per heavy atom. The molecule has 0 radical (unpaired) electrons. The molecule has 1 saturated heterocycles. The minimum atomic E-state index is -0.299. The summed E-state index contributed by atoms with van der Waals surface area (Å²) >= 11 is 0. The van der Waals surface area contributed by atoms with Gasteiger partial charge in [0, 0.05) is 12.7 Å². The normalized spacial score (nSPS) is 17.1. The van der Waals surface area contributed by atoms with E-state index in [1.54, 1.807) is 35.4 Å². The first-order valence-electron chi connectivity index (χ1n) is 8.27. The van der Waals surface area contributed by atoms with E-state index in [9.17, 15) is 9.59 Å². The van der Waals surface area contributed by atoms with Gasteiger partial charge in [0.15, 0.2) is 0 Å². The van der Waals surface area contributed by atoms with Crippen LogP contribution in [0.4, 0.5) is 0 Å². The predicted molar refractivity (Wildman–Crippen MR) is 91.7 cm³/mol. The highest BCUT2D eigenvalue weighted by Crippen LogP contribution is 2.30. The summed E-state index contributed by atoms with van der Waals surface area (Å²) in [6, 6.07) is 12.7. The van der Waals surface area contributed by atoms with Crippen LogP contribution in [0.2, 0.25) is 0 Å². The van der Waals surface area contributed by atoms with Crippen molar-refractivity contribution in [2.45, 2.75) is 25.4 Å². The van der Waals surface area contributed by atoms with E-state index in [2.05, 4.69) is 15.3 Å². The van der Waals surface area contributed by atoms with Gasteiger partial charge in [-0.05, 0) is 37.1 Å². The van der Waals surface area contributed by atoms with Gasteiger partial charge in [0.2, 0.25) is 5.91 Å². The summed E-state index contributed by atoms with van der Waals surface area (Å²) in [6.45, 7) is 0.551. The number of fused-ring (bicyclic) bond motifs is 1. The number of pyridine rings is 1. The molecular formula is C18H17N5O2. The number of carbonyl (C=O) groups is 1. The van der Waals surface area contributed by atoms with Crippen molar-refractivity contribution in [2.75, 3.05) is 6.54 Å². The number of nitrogens with zero attached hydrogens (tertiary/aromatic N) is 5. The second-order valence-electron chi connectivity index (χ2n) is 6.07. The van der Waals surface area contributed by atoms with Crippen LogP contribution in [0, 0.1) is 0 Å². The Bertz CT molecular complexity index is 970. The van der Waals surface area contributed by atoms with E-state index in [0.29, 0.717) is 17.4 Å². The maximum absolute atomic E-state index is 12.8. The Hall–Kier alpha value is -3.09. The number of rotatable bonds is 3. The maximum atomic E-state index is 12.8. The highest BCUT2D eigenvalue weighted by Gasteiger charge is 2.31. The van der Waals surface area contributed by atoms with Crippen LogP contribution in [0.15, 0.2) is 53.5 Å². The molecule has 2 aromatic heterocycles. The summed E-state index contributed by atoms with van der Waals surface area (Å²) in [5, 5.41) is 8.40. The van der Waals surface area contributed by atoms with Crippen molar-refractivity contribution in [3.8, 4) is 0 Å². The van der Waals surface area contributed by atoms with E-state index >= 15 is 0 Å². The van der Waals surface area contributed by atoms with Gasteiger partial charge in [-0.1, -0.05) is 23.4 Å². The first kappa shape index (κ1) is 15.4. The molecule has 1 unspecified atom stereocenters. The van der Waals surface area contributed by atoms with Crippen LogP contribution in [0.1, 0.15) is 24.6 Å². The number of benzene rings is 1. The maximum Gasteiger partial charge on any atom is 0.278 e. The molecule has 1 amide bonds. The third-order valence-corrected chi connectivity index (χ3v) is 4.52. The summed E-state index contributed by atoms with van der Waals surface area (Å²) in [6.07, 6.45) is 3.53. The van der Waals surface area contributed by atoms with Gasteiger partial charge >= 0.3 is 0 Å². The monoisotopic (exact) mass is 335 g/mol. The first-order valence-corrected chi connectivity index (χ1v) is 8.27. The van der Waals surface area contributed by atoms with Gasteiger partial charge in [0.25, 0.3) is 5.56 Å². The Balaban J connectivity index is 1.60. The van der Waals surface area contributed by atoms with Crippen molar-refractivity contribution in [3.05, 3.63) is 64.7 Å². The minimum Gasteiger partial charge on any atom is -0.332 e. The lowest BCUT2D eigenvalue weighted by molar-refractivity contribution is -0.133. The smallest absolute Gasteiger partial charge is 0.278 e. The van der Waals surface area contributed by atoms with Crippen molar-refractivity contribution in [3.63, 3.8) is 0 Å². The Morgan fingerprint density at radius 3 is 2.84 bits per heavy atom. The van der Waals surface area contributed by atoms with Gasteiger partial charge in [-0.3, -0.25) is 14.6 Å². The molecule has 1 aliphatic heterocycles. The van der Waals surface area contributed by atoms with Crippen LogP contribution in [0.25, 0.3) is 10.9 Å². The zero-order chi connectivity index (χ0) is 17.2. The fraction of sp³-hybridized carbons (Fsp3) is 0.278. The van der Waals surface area contributed by atoms with Gasteiger partial charge < -0.3 is 4.90 Å². The molecular weight excluding hydrogens is 318 g/mol. The third kappa shape index (κ3) is 2.88. The quantitative estimate of drug-likeness (QED) is 0.725. The summed E-state index contributed by atoms with van der Waals surface area (Å²) < 4.78 is 1.14. The minimum absolute atomic E-state index is 0.0437. The molecule has 1 atom stereocenters. The molecule has 126 valence electrons. The van der Waals surface area contributed by atoms with Gasteiger partial charge in [0.1, 0.15) is 12.1 Å². The van der Waals surface area contributed by atoms with E-state index in [1.165, 1.54) is 0 Å². The number of aromatic nitrogens is 4. The topological polar surface area (TPSA) is 81.0 Å². The molecule has 1 aliphatic rings. The van der Waals surface area contributed by atoms with E-state index in [1.807, 2.05) is 18.2 Å². The molecule has 0 aliphatic carbocycles. The molecule has 1 fully saturated rings. The van der Waals surface area contributed by atoms with Crippen LogP contribution in [-0.2, 0) is 11.3 Å². The standard InChI is InChI=1S/C18H17N5O2/c24-17(22-11-5-9-16(22)15-8-3-4-10-19-15)12-23-18(25)13-6-1-2-7-14(13)20-21-23/h1-4,6-8,10,16H,5,9,11-12H2. The molecule has 3 aromatic rings. The lowest BCUT2D eigenvalue weighted by Crippen LogP contribution is -2.37. The molecule has 1 aromatic carbocycles. The molecule has 0 spiro atoms. The van der Waals surface area contributed by atoms with Crippen LogP contribution in [0.3, 0.4) is 0 Å². The summed E-state index contributed by atoms with van der Waals surface area (Å²) in [7, 11) is 0. The molecule has 25 heavy (non-hydrogen) atoms. The van der Waals surface area contributed by atoms with Crippen LogP contribution >= 0.6 is 0 Å². The zero-order valence-corrected chi connectivity index (χ0v) is 13.6. The predicted octanol–water partition coefficient (Wildman–Crippen LogP) is 1.55. The molecule has 3 heterocycles. The molecule has 4 rings (SSSR count). The van der Waals surface area contributed by atoms with Gasteiger partial charge in [0.05, 0.1) is 17.1 Å². The van der Waals surface area contributed by atoms with Gasteiger partial charge in [-0.2, -0.15) is 0 Å². The Kier molecular flexibility index (Phi) is 3.97. The average Bonchev–Trinajstić information content (AvgIpc) is 3.15. The second-order valence-corrected chi connectivity index (χ2v) is 6.07. The Morgan fingerprint density at radius 1 is 1.16 bits per heavy atom. The molecule has 7 nitrogen and oxygen atoms in total. The van der Waals surface area contributed by atoms with Crippen molar-refractivity contribution in [1.82, 2.24) is 24.9 Å².